The molecule has 1 saturated heterocycles. The van der Waals surface area contributed by atoms with Crippen molar-refractivity contribution in [2.45, 2.75) is 32.9 Å². The standard InChI is InChI=1S/C24H30FN7/c1-2-18-8-4-6-11-21(18)27-24-29-22(28-23(26)30-24)17-32-13-7-12-31(14-15-32)16-19-9-3-5-10-20(19)25/h3-6,8-11H,2,7,12-17H2,1H3,(H3,26,27,28,29,30). The van der Waals surface area contributed by atoms with Crippen molar-refractivity contribution in [3.05, 3.63) is 71.3 Å². The summed E-state index contributed by atoms with van der Waals surface area (Å²) in [4.78, 5) is 17.8. The number of aryl methyl sites for hydroxylation is 1. The summed E-state index contributed by atoms with van der Waals surface area (Å²) < 4.78 is 14.0. The summed E-state index contributed by atoms with van der Waals surface area (Å²) in [5, 5.41) is 3.29. The largest absolute Gasteiger partial charge is 0.368 e. The predicted octanol–water partition coefficient (Wildman–Crippen LogP) is 3.61. The highest BCUT2D eigenvalue weighted by atomic mass is 19.1. The summed E-state index contributed by atoms with van der Waals surface area (Å²) >= 11 is 0. The number of nitrogen functional groups attached to an aromatic ring is 1. The molecule has 0 bridgehead atoms. The molecule has 3 N–H and O–H groups in total. The Morgan fingerprint density at radius 2 is 1.56 bits per heavy atom. The molecule has 32 heavy (non-hydrogen) atoms. The third kappa shape index (κ3) is 5.77. The van der Waals surface area contributed by atoms with Gasteiger partial charge in [-0.15, -0.1) is 0 Å². The van der Waals surface area contributed by atoms with E-state index in [1.54, 1.807) is 6.07 Å². The fourth-order valence-electron chi connectivity index (χ4n) is 4.04. The van der Waals surface area contributed by atoms with E-state index in [1.807, 2.05) is 30.3 Å². The van der Waals surface area contributed by atoms with Gasteiger partial charge in [-0.05, 0) is 43.6 Å². The van der Waals surface area contributed by atoms with Crippen LogP contribution >= 0.6 is 0 Å². The van der Waals surface area contributed by atoms with Crippen molar-refractivity contribution >= 4 is 17.6 Å². The Kier molecular flexibility index (Phi) is 7.24. The molecule has 8 heteroatoms. The lowest BCUT2D eigenvalue weighted by Crippen LogP contribution is -2.31. The molecular weight excluding hydrogens is 405 g/mol. The van der Waals surface area contributed by atoms with E-state index in [2.05, 4.69) is 43.1 Å². The molecule has 1 aromatic heterocycles. The molecule has 2 aromatic carbocycles. The van der Waals surface area contributed by atoms with Crippen LogP contribution < -0.4 is 11.1 Å². The van der Waals surface area contributed by atoms with Crippen molar-refractivity contribution < 1.29 is 4.39 Å². The molecule has 1 aliphatic heterocycles. The first-order valence-corrected chi connectivity index (χ1v) is 11.1. The summed E-state index contributed by atoms with van der Waals surface area (Å²) in [5.74, 6) is 1.18. The van der Waals surface area contributed by atoms with Crippen molar-refractivity contribution in [2.24, 2.45) is 0 Å². The Hall–Kier alpha value is -3.10. The fourth-order valence-corrected chi connectivity index (χ4v) is 4.04. The molecule has 2 heterocycles. The van der Waals surface area contributed by atoms with Crippen LogP contribution in [0.1, 0.15) is 30.3 Å². The maximum Gasteiger partial charge on any atom is 0.232 e. The number of nitrogens with zero attached hydrogens (tertiary/aromatic N) is 5. The molecule has 0 aliphatic carbocycles. The van der Waals surface area contributed by atoms with Crippen molar-refractivity contribution in [3.63, 3.8) is 0 Å². The van der Waals surface area contributed by atoms with Gasteiger partial charge in [0.1, 0.15) is 11.6 Å². The van der Waals surface area contributed by atoms with Gasteiger partial charge in [0.05, 0.1) is 6.54 Å². The average Bonchev–Trinajstić information content (AvgIpc) is 3.00. The molecule has 0 radical (unpaired) electrons. The Labute approximate surface area is 188 Å². The zero-order valence-electron chi connectivity index (χ0n) is 18.5. The minimum Gasteiger partial charge on any atom is -0.368 e. The van der Waals surface area contributed by atoms with Crippen LogP contribution in [0.4, 0.5) is 22.0 Å². The Morgan fingerprint density at radius 3 is 2.31 bits per heavy atom. The van der Waals surface area contributed by atoms with Crippen LogP contribution in [-0.2, 0) is 19.5 Å². The Bertz CT molecular complexity index is 1040. The number of hydrogen-bond acceptors (Lipinski definition) is 7. The highest BCUT2D eigenvalue weighted by molar-refractivity contribution is 5.58. The highest BCUT2D eigenvalue weighted by Gasteiger charge is 2.18. The number of halogens is 1. The van der Waals surface area contributed by atoms with Crippen LogP contribution in [0.25, 0.3) is 0 Å². The molecule has 1 aliphatic rings. The van der Waals surface area contributed by atoms with Crippen molar-refractivity contribution in [2.75, 3.05) is 37.2 Å². The number of anilines is 3. The van der Waals surface area contributed by atoms with E-state index in [-0.39, 0.29) is 11.8 Å². The lowest BCUT2D eigenvalue weighted by atomic mass is 10.1. The van der Waals surface area contributed by atoms with E-state index < -0.39 is 0 Å². The third-order valence-corrected chi connectivity index (χ3v) is 5.74. The van der Waals surface area contributed by atoms with Crippen molar-refractivity contribution in [3.8, 4) is 0 Å². The van der Waals surface area contributed by atoms with Gasteiger partial charge in [-0.3, -0.25) is 9.80 Å². The van der Waals surface area contributed by atoms with Crippen LogP contribution in [0.3, 0.4) is 0 Å². The molecule has 1 fully saturated rings. The Morgan fingerprint density at radius 1 is 0.875 bits per heavy atom. The van der Waals surface area contributed by atoms with Gasteiger partial charge in [-0.1, -0.05) is 43.3 Å². The zero-order chi connectivity index (χ0) is 22.3. The van der Waals surface area contributed by atoms with Gasteiger partial charge in [0.15, 0.2) is 0 Å². The molecule has 0 amide bonds. The highest BCUT2D eigenvalue weighted by Crippen LogP contribution is 2.20. The first kappa shape index (κ1) is 22.1. The molecule has 168 valence electrons. The number of aromatic nitrogens is 3. The number of para-hydroxylation sites is 1. The molecule has 7 nitrogen and oxygen atoms in total. The second-order valence-electron chi connectivity index (χ2n) is 8.07. The number of rotatable bonds is 7. The minimum absolute atomic E-state index is 0.140. The monoisotopic (exact) mass is 435 g/mol. The van der Waals surface area contributed by atoms with E-state index in [9.17, 15) is 4.39 Å². The van der Waals surface area contributed by atoms with Gasteiger partial charge in [-0.25, -0.2) is 4.39 Å². The molecule has 0 saturated carbocycles. The van der Waals surface area contributed by atoms with E-state index in [0.717, 1.165) is 50.3 Å². The van der Waals surface area contributed by atoms with Crippen LogP contribution in [-0.4, -0.2) is 50.9 Å². The van der Waals surface area contributed by atoms with Crippen LogP contribution in [0.2, 0.25) is 0 Å². The van der Waals surface area contributed by atoms with Gasteiger partial charge in [-0.2, -0.15) is 15.0 Å². The van der Waals surface area contributed by atoms with Gasteiger partial charge in [0, 0.05) is 30.9 Å². The summed E-state index contributed by atoms with van der Waals surface area (Å²) in [5.41, 5.74) is 8.89. The van der Waals surface area contributed by atoms with Crippen LogP contribution in [0.5, 0.6) is 0 Å². The number of benzene rings is 2. The van der Waals surface area contributed by atoms with Crippen molar-refractivity contribution in [1.29, 1.82) is 0 Å². The summed E-state index contributed by atoms with van der Waals surface area (Å²) in [6, 6.07) is 15.1. The summed E-state index contributed by atoms with van der Waals surface area (Å²) in [7, 11) is 0. The molecular formula is C24H30FN7. The first-order chi connectivity index (χ1) is 15.6. The topological polar surface area (TPSA) is 83.2 Å². The SMILES string of the molecule is CCc1ccccc1Nc1nc(N)nc(CN2CCCN(Cc3ccccc3F)CC2)n1. The number of hydrogen-bond donors (Lipinski definition) is 2. The lowest BCUT2D eigenvalue weighted by Gasteiger charge is -2.21. The second-order valence-corrected chi connectivity index (χ2v) is 8.07. The third-order valence-electron chi connectivity index (χ3n) is 5.74. The average molecular weight is 436 g/mol. The maximum atomic E-state index is 14.0. The molecule has 0 unspecified atom stereocenters. The van der Waals surface area contributed by atoms with E-state index in [4.69, 9.17) is 5.73 Å². The smallest absolute Gasteiger partial charge is 0.232 e. The van der Waals surface area contributed by atoms with Crippen LogP contribution in [0.15, 0.2) is 48.5 Å². The quantitative estimate of drug-likeness (QED) is 0.587. The van der Waals surface area contributed by atoms with Crippen LogP contribution in [0, 0.1) is 5.82 Å². The number of nitrogens with one attached hydrogen (secondary N) is 1. The lowest BCUT2D eigenvalue weighted by molar-refractivity contribution is 0.242. The molecule has 3 aromatic rings. The number of nitrogens with two attached hydrogens (primary N) is 1. The predicted molar refractivity (Wildman–Crippen MR) is 125 cm³/mol. The van der Waals surface area contributed by atoms with Crippen molar-refractivity contribution in [1.82, 2.24) is 24.8 Å². The second kappa shape index (κ2) is 10.5. The van der Waals surface area contributed by atoms with E-state index in [1.165, 1.54) is 11.6 Å². The molecule has 0 spiro atoms. The van der Waals surface area contributed by atoms with Gasteiger partial charge >= 0.3 is 0 Å². The Balaban J connectivity index is 1.39. The fraction of sp³-hybridized carbons (Fsp3) is 0.375. The van der Waals surface area contributed by atoms with Gasteiger partial charge < -0.3 is 11.1 Å². The normalized spacial score (nSPS) is 15.4. The van der Waals surface area contributed by atoms with E-state index >= 15 is 0 Å². The zero-order valence-corrected chi connectivity index (χ0v) is 18.5. The summed E-state index contributed by atoms with van der Waals surface area (Å²) in [6.07, 6.45) is 1.91. The first-order valence-electron chi connectivity index (χ1n) is 11.1. The minimum atomic E-state index is -0.140. The summed E-state index contributed by atoms with van der Waals surface area (Å²) in [6.45, 7) is 6.94. The van der Waals surface area contributed by atoms with E-state index in [0.29, 0.717) is 24.9 Å². The van der Waals surface area contributed by atoms with Gasteiger partial charge in [0.2, 0.25) is 11.9 Å². The maximum absolute atomic E-state index is 14.0. The molecule has 0 atom stereocenters. The molecule has 4 rings (SSSR count). The van der Waals surface area contributed by atoms with Gasteiger partial charge in [0.25, 0.3) is 0 Å².